The fourth-order valence-corrected chi connectivity index (χ4v) is 1.93. The van der Waals surface area contributed by atoms with Gasteiger partial charge in [0.25, 0.3) is 0 Å². The van der Waals surface area contributed by atoms with Crippen LogP contribution in [-0.2, 0) is 9.53 Å². The van der Waals surface area contributed by atoms with Crippen molar-refractivity contribution in [2.75, 3.05) is 18.7 Å². The van der Waals surface area contributed by atoms with Crippen LogP contribution in [0.3, 0.4) is 0 Å². The summed E-state index contributed by atoms with van der Waals surface area (Å²) in [7, 11) is 1.50. The maximum absolute atomic E-state index is 12.4. The molecule has 0 unspecified atom stereocenters. The Kier molecular flexibility index (Phi) is 4.02. The first kappa shape index (κ1) is 14.7. The van der Waals surface area contributed by atoms with Gasteiger partial charge in [0.15, 0.2) is 5.65 Å². The van der Waals surface area contributed by atoms with Crippen LogP contribution in [0.25, 0.3) is 11.0 Å². The number of hydrogen-bond donors (Lipinski definition) is 0. The van der Waals surface area contributed by atoms with Gasteiger partial charge in [-0.3, -0.25) is 14.6 Å². The Morgan fingerprint density at radius 2 is 2.19 bits per heavy atom. The van der Waals surface area contributed by atoms with Gasteiger partial charge in [0, 0.05) is 18.9 Å². The summed E-state index contributed by atoms with van der Waals surface area (Å²) in [6.07, 6.45) is 1.83. The lowest BCUT2D eigenvalue weighted by molar-refractivity contribution is -0.108. The van der Waals surface area contributed by atoms with E-state index >= 15 is 0 Å². The molecule has 7 nitrogen and oxygen atoms in total. The lowest BCUT2D eigenvalue weighted by Gasteiger charge is -2.18. The highest BCUT2D eigenvalue weighted by Crippen LogP contribution is 2.11. The third-order valence-corrected chi connectivity index (χ3v) is 2.96. The van der Waals surface area contributed by atoms with Crippen molar-refractivity contribution in [1.82, 2.24) is 9.66 Å². The van der Waals surface area contributed by atoms with Crippen LogP contribution in [0.15, 0.2) is 23.1 Å². The van der Waals surface area contributed by atoms with Crippen molar-refractivity contribution in [2.45, 2.75) is 13.8 Å². The molecule has 0 saturated heterocycles. The number of ether oxygens (including phenoxy) is 1. The smallest absolute Gasteiger partial charge is 0.343 e. The van der Waals surface area contributed by atoms with E-state index in [0.29, 0.717) is 17.8 Å². The van der Waals surface area contributed by atoms with E-state index in [-0.39, 0.29) is 17.6 Å². The molecule has 2 heterocycles. The van der Waals surface area contributed by atoms with Gasteiger partial charge in [0.05, 0.1) is 12.0 Å². The maximum atomic E-state index is 12.4. The molecule has 0 saturated carbocycles. The lowest BCUT2D eigenvalue weighted by Crippen LogP contribution is -2.32. The van der Waals surface area contributed by atoms with Gasteiger partial charge in [-0.25, -0.2) is 14.5 Å². The second kappa shape index (κ2) is 5.74. The molecule has 2 aromatic heterocycles. The number of hydrogen-bond acceptors (Lipinski definition) is 5. The molecule has 0 fully saturated rings. The Hall–Kier alpha value is -2.70. The second-order valence-electron chi connectivity index (χ2n) is 4.44. The first-order valence-corrected chi connectivity index (χ1v) is 6.38. The Labute approximate surface area is 120 Å². The molecular weight excluding hydrogens is 274 g/mol. The average Bonchev–Trinajstić information content (AvgIpc) is 2.47. The number of aromatic nitrogens is 2. The van der Waals surface area contributed by atoms with Crippen molar-refractivity contribution in [3.8, 4) is 0 Å². The summed E-state index contributed by atoms with van der Waals surface area (Å²) in [5, 5.41) is 1.44. The summed E-state index contributed by atoms with van der Waals surface area (Å²) in [5.41, 5.74) is 0.400. The minimum Gasteiger partial charge on any atom is -0.462 e. The van der Waals surface area contributed by atoms with Crippen molar-refractivity contribution in [3.05, 3.63) is 39.8 Å². The Morgan fingerprint density at radius 3 is 2.81 bits per heavy atom. The fourth-order valence-electron chi connectivity index (χ4n) is 1.93. The molecule has 2 rings (SSSR count). The Bertz CT molecular complexity index is 767. The van der Waals surface area contributed by atoms with Gasteiger partial charge in [-0.2, -0.15) is 0 Å². The van der Waals surface area contributed by atoms with E-state index in [1.165, 1.54) is 22.9 Å². The van der Waals surface area contributed by atoms with Gasteiger partial charge in [-0.15, -0.1) is 0 Å². The molecule has 21 heavy (non-hydrogen) atoms. The number of aryl methyl sites for hydroxylation is 1. The number of amides is 1. The zero-order valence-electron chi connectivity index (χ0n) is 12.0. The Balaban J connectivity index is 2.82. The van der Waals surface area contributed by atoms with E-state index in [1.54, 1.807) is 26.0 Å². The minimum absolute atomic E-state index is 0.135. The summed E-state index contributed by atoms with van der Waals surface area (Å²) in [6.45, 7) is 3.58. The SMILES string of the molecule is CCOC(=O)c1cn(N(C)C=O)c2nc(C)ccc2c1=O. The molecule has 0 aliphatic heterocycles. The van der Waals surface area contributed by atoms with Gasteiger partial charge in [0.2, 0.25) is 11.8 Å². The molecule has 0 spiro atoms. The number of fused-ring (bicyclic) bond motifs is 1. The van der Waals surface area contributed by atoms with Crippen molar-refractivity contribution < 1.29 is 14.3 Å². The predicted molar refractivity (Wildman–Crippen MR) is 76.9 cm³/mol. The number of carbonyl (C=O) groups excluding carboxylic acids is 2. The maximum Gasteiger partial charge on any atom is 0.343 e. The van der Waals surface area contributed by atoms with E-state index in [1.807, 2.05) is 0 Å². The number of pyridine rings is 2. The number of rotatable bonds is 4. The van der Waals surface area contributed by atoms with Crippen molar-refractivity contribution >= 4 is 23.4 Å². The molecule has 1 amide bonds. The quantitative estimate of drug-likeness (QED) is 0.608. The highest BCUT2D eigenvalue weighted by Gasteiger charge is 2.18. The van der Waals surface area contributed by atoms with E-state index in [0.717, 1.165) is 0 Å². The zero-order valence-corrected chi connectivity index (χ0v) is 12.0. The molecule has 0 aliphatic rings. The third kappa shape index (κ3) is 2.62. The van der Waals surface area contributed by atoms with Gasteiger partial charge < -0.3 is 4.74 Å². The zero-order chi connectivity index (χ0) is 15.6. The topological polar surface area (TPSA) is 81.5 Å². The van der Waals surface area contributed by atoms with E-state index in [2.05, 4.69) is 4.98 Å². The normalized spacial score (nSPS) is 10.4. The van der Waals surface area contributed by atoms with Gasteiger partial charge >= 0.3 is 5.97 Å². The van der Waals surface area contributed by atoms with Crippen LogP contribution in [0.2, 0.25) is 0 Å². The first-order chi connectivity index (χ1) is 9.99. The number of nitrogens with zero attached hydrogens (tertiary/aromatic N) is 3. The summed E-state index contributed by atoms with van der Waals surface area (Å²) in [5.74, 6) is -0.724. The van der Waals surface area contributed by atoms with Crippen LogP contribution in [0.5, 0.6) is 0 Å². The summed E-state index contributed by atoms with van der Waals surface area (Å²) in [4.78, 5) is 39.5. The van der Waals surface area contributed by atoms with Crippen molar-refractivity contribution in [3.63, 3.8) is 0 Å². The molecular formula is C14H15N3O4. The van der Waals surface area contributed by atoms with Crippen molar-refractivity contribution in [2.24, 2.45) is 0 Å². The predicted octanol–water partition coefficient (Wildman–Crippen LogP) is 0.606. The highest BCUT2D eigenvalue weighted by atomic mass is 16.5. The standard InChI is InChI=1S/C14H15N3O4/c1-4-21-14(20)11-7-17(16(3)8-18)13-10(12(11)19)6-5-9(2)15-13/h5-8H,4H2,1-3H3. The van der Waals surface area contributed by atoms with Gasteiger partial charge in [0.1, 0.15) is 5.56 Å². The molecule has 0 N–H and O–H groups in total. The fraction of sp³-hybridized carbons (Fsp3) is 0.286. The monoisotopic (exact) mass is 289 g/mol. The molecule has 7 heteroatoms. The highest BCUT2D eigenvalue weighted by molar-refractivity contribution is 5.93. The molecule has 0 aliphatic carbocycles. The van der Waals surface area contributed by atoms with E-state index in [4.69, 9.17) is 4.74 Å². The van der Waals surface area contributed by atoms with Crippen LogP contribution in [0.4, 0.5) is 0 Å². The summed E-state index contributed by atoms with van der Waals surface area (Å²) < 4.78 is 6.22. The summed E-state index contributed by atoms with van der Waals surface area (Å²) in [6, 6.07) is 3.25. The second-order valence-corrected chi connectivity index (χ2v) is 4.44. The van der Waals surface area contributed by atoms with Crippen LogP contribution < -0.4 is 10.4 Å². The van der Waals surface area contributed by atoms with E-state index in [9.17, 15) is 14.4 Å². The van der Waals surface area contributed by atoms with Crippen LogP contribution in [0, 0.1) is 6.92 Å². The molecule has 0 radical (unpaired) electrons. The van der Waals surface area contributed by atoms with Crippen molar-refractivity contribution in [1.29, 1.82) is 0 Å². The van der Waals surface area contributed by atoms with Crippen LogP contribution in [-0.4, -0.2) is 35.7 Å². The molecule has 0 aromatic carbocycles. The largest absolute Gasteiger partial charge is 0.462 e. The average molecular weight is 289 g/mol. The number of esters is 1. The number of carbonyl (C=O) groups is 2. The third-order valence-electron chi connectivity index (χ3n) is 2.96. The minimum atomic E-state index is -0.724. The lowest BCUT2D eigenvalue weighted by atomic mass is 10.2. The molecule has 2 aromatic rings. The molecule has 0 atom stereocenters. The van der Waals surface area contributed by atoms with E-state index < -0.39 is 11.4 Å². The Morgan fingerprint density at radius 1 is 1.48 bits per heavy atom. The van der Waals surface area contributed by atoms with Crippen LogP contribution >= 0.6 is 0 Å². The molecule has 110 valence electrons. The van der Waals surface area contributed by atoms with Gasteiger partial charge in [-0.1, -0.05) is 0 Å². The first-order valence-electron chi connectivity index (χ1n) is 6.38. The van der Waals surface area contributed by atoms with Crippen LogP contribution in [0.1, 0.15) is 23.0 Å². The van der Waals surface area contributed by atoms with Gasteiger partial charge in [-0.05, 0) is 26.0 Å². The summed E-state index contributed by atoms with van der Waals surface area (Å²) >= 11 is 0. The molecule has 0 bridgehead atoms.